The summed E-state index contributed by atoms with van der Waals surface area (Å²) in [4.78, 5) is 3.14. The van der Waals surface area contributed by atoms with Crippen LogP contribution in [0, 0.1) is 16.7 Å². The van der Waals surface area contributed by atoms with Crippen molar-refractivity contribution >= 4 is 0 Å². The summed E-state index contributed by atoms with van der Waals surface area (Å²) >= 11 is 0. The van der Waals surface area contributed by atoms with Crippen molar-refractivity contribution in [2.45, 2.75) is 19.3 Å². The van der Waals surface area contributed by atoms with Crippen LogP contribution in [0.4, 0.5) is 0 Å². The van der Waals surface area contributed by atoms with E-state index < -0.39 is 0 Å². The number of nitrogens with zero attached hydrogens (tertiary/aromatic N) is 1. The number of hydrogen-bond acceptors (Lipinski definition) is 1. The molecule has 56 valence electrons. The smallest absolute Gasteiger partial charge is 0.0694 e. The van der Waals surface area contributed by atoms with Crippen LogP contribution in [0.2, 0.25) is 0 Å². The highest BCUT2D eigenvalue weighted by Crippen LogP contribution is 2.57. The third-order valence-corrected chi connectivity index (χ3v) is 2.49. The zero-order chi connectivity index (χ0) is 7.90. The Morgan fingerprint density at radius 1 is 1.82 bits per heavy atom. The standard InChI is InChI=1S/C9H10N2/c1-9(6-10)5-7(9)8-3-2-4-11-8/h2-4,7,11H,5H2,1H3. The predicted molar refractivity (Wildman–Crippen MR) is 41.9 cm³/mol. The molecule has 1 aliphatic rings. The maximum Gasteiger partial charge on any atom is 0.0694 e. The largest absolute Gasteiger partial charge is 0.365 e. The average Bonchev–Trinajstić information content (AvgIpc) is 2.53. The Hall–Kier alpha value is -1.23. The Morgan fingerprint density at radius 3 is 3.09 bits per heavy atom. The van der Waals surface area contributed by atoms with E-state index in [0.717, 1.165) is 6.42 Å². The minimum atomic E-state index is -0.0924. The van der Waals surface area contributed by atoms with Crippen molar-refractivity contribution in [3.8, 4) is 6.07 Å². The van der Waals surface area contributed by atoms with Crippen LogP contribution in [0.5, 0.6) is 0 Å². The van der Waals surface area contributed by atoms with Gasteiger partial charge in [-0.25, -0.2) is 0 Å². The molecule has 2 unspecified atom stereocenters. The molecule has 1 heterocycles. The number of nitriles is 1. The number of hydrogen-bond donors (Lipinski definition) is 1. The van der Waals surface area contributed by atoms with Crippen LogP contribution in [0.1, 0.15) is 25.0 Å². The lowest BCUT2D eigenvalue weighted by atomic mass is 10.1. The van der Waals surface area contributed by atoms with Crippen LogP contribution in [-0.2, 0) is 0 Å². The third-order valence-electron chi connectivity index (χ3n) is 2.49. The van der Waals surface area contributed by atoms with Gasteiger partial charge in [-0.2, -0.15) is 5.26 Å². The normalized spacial score (nSPS) is 34.7. The van der Waals surface area contributed by atoms with Gasteiger partial charge in [-0.1, -0.05) is 0 Å². The minimum absolute atomic E-state index is 0.0924. The molecule has 0 aliphatic heterocycles. The first kappa shape index (κ1) is 6.48. The van der Waals surface area contributed by atoms with Crippen molar-refractivity contribution in [2.24, 2.45) is 5.41 Å². The lowest BCUT2D eigenvalue weighted by molar-refractivity contribution is 0.720. The third kappa shape index (κ3) is 0.848. The molecule has 0 saturated heterocycles. The summed E-state index contributed by atoms with van der Waals surface area (Å²) in [6.45, 7) is 2.01. The van der Waals surface area contributed by atoms with E-state index in [9.17, 15) is 0 Å². The SMILES string of the molecule is CC1(C#N)CC1c1ccc[nH]1. The van der Waals surface area contributed by atoms with Gasteiger partial charge in [0.1, 0.15) is 0 Å². The fraction of sp³-hybridized carbons (Fsp3) is 0.444. The Morgan fingerprint density at radius 2 is 2.64 bits per heavy atom. The van der Waals surface area contributed by atoms with Crippen molar-refractivity contribution in [3.05, 3.63) is 24.0 Å². The molecular formula is C9H10N2. The van der Waals surface area contributed by atoms with Crippen molar-refractivity contribution in [2.75, 3.05) is 0 Å². The fourth-order valence-corrected chi connectivity index (χ4v) is 1.50. The van der Waals surface area contributed by atoms with E-state index in [1.54, 1.807) is 0 Å². The highest BCUT2D eigenvalue weighted by Gasteiger charge is 2.52. The van der Waals surface area contributed by atoms with Crippen molar-refractivity contribution in [3.63, 3.8) is 0 Å². The summed E-state index contributed by atoms with van der Waals surface area (Å²) in [5.41, 5.74) is 1.11. The fourth-order valence-electron chi connectivity index (χ4n) is 1.50. The van der Waals surface area contributed by atoms with Gasteiger partial charge in [-0.15, -0.1) is 0 Å². The second kappa shape index (κ2) is 1.88. The molecule has 1 aromatic rings. The van der Waals surface area contributed by atoms with E-state index in [-0.39, 0.29) is 5.41 Å². The highest BCUT2D eigenvalue weighted by molar-refractivity contribution is 5.29. The van der Waals surface area contributed by atoms with Crippen LogP contribution < -0.4 is 0 Å². The number of aromatic nitrogens is 1. The van der Waals surface area contributed by atoms with Crippen LogP contribution in [-0.4, -0.2) is 4.98 Å². The number of H-pyrrole nitrogens is 1. The molecular weight excluding hydrogens is 136 g/mol. The molecule has 1 saturated carbocycles. The molecule has 11 heavy (non-hydrogen) atoms. The second-order valence-electron chi connectivity index (χ2n) is 3.41. The first-order valence-electron chi connectivity index (χ1n) is 3.81. The molecule has 1 fully saturated rings. The van der Waals surface area contributed by atoms with E-state index in [4.69, 9.17) is 5.26 Å². The van der Waals surface area contributed by atoms with E-state index >= 15 is 0 Å². The summed E-state index contributed by atoms with van der Waals surface area (Å²) in [5.74, 6) is 0.447. The first-order valence-corrected chi connectivity index (χ1v) is 3.81. The van der Waals surface area contributed by atoms with Gasteiger partial charge >= 0.3 is 0 Å². The number of aromatic amines is 1. The predicted octanol–water partition coefficient (Wildman–Crippen LogP) is 2.03. The van der Waals surface area contributed by atoms with Gasteiger partial charge in [0, 0.05) is 17.8 Å². The molecule has 2 rings (SSSR count). The van der Waals surface area contributed by atoms with E-state index in [1.807, 2.05) is 25.3 Å². The lowest BCUT2D eigenvalue weighted by Gasteiger charge is -1.96. The Labute approximate surface area is 65.9 Å². The summed E-state index contributed by atoms with van der Waals surface area (Å²) in [6.07, 6.45) is 2.91. The Kier molecular flexibility index (Phi) is 1.11. The van der Waals surface area contributed by atoms with Gasteiger partial charge in [-0.3, -0.25) is 0 Å². The summed E-state index contributed by atoms with van der Waals surface area (Å²) in [6, 6.07) is 6.36. The number of nitrogens with one attached hydrogen (secondary N) is 1. The zero-order valence-corrected chi connectivity index (χ0v) is 6.46. The minimum Gasteiger partial charge on any atom is -0.365 e. The van der Waals surface area contributed by atoms with Gasteiger partial charge < -0.3 is 4.98 Å². The molecule has 0 bridgehead atoms. The highest BCUT2D eigenvalue weighted by atomic mass is 14.7. The Bertz CT molecular complexity index is 294. The topological polar surface area (TPSA) is 39.6 Å². The van der Waals surface area contributed by atoms with Crippen LogP contribution >= 0.6 is 0 Å². The van der Waals surface area contributed by atoms with Gasteiger partial charge in [-0.05, 0) is 25.5 Å². The molecule has 2 heteroatoms. The molecule has 0 spiro atoms. The van der Waals surface area contributed by atoms with Gasteiger partial charge in [0.05, 0.1) is 11.5 Å². The second-order valence-corrected chi connectivity index (χ2v) is 3.41. The molecule has 0 radical (unpaired) electrons. The lowest BCUT2D eigenvalue weighted by Crippen LogP contribution is -1.91. The van der Waals surface area contributed by atoms with Gasteiger partial charge in [0.25, 0.3) is 0 Å². The molecule has 2 nitrogen and oxygen atoms in total. The number of rotatable bonds is 1. The molecule has 0 amide bonds. The molecule has 1 aliphatic carbocycles. The monoisotopic (exact) mass is 146 g/mol. The summed E-state index contributed by atoms with van der Waals surface area (Å²) in [7, 11) is 0. The molecule has 1 N–H and O–H groups in total. The van der Waals surface area contributed by atoms with E-state index in [2.05, 4.69) is 11.1 Å². The van der Waals surface area contributed by atoms with Crippen LogP contribution in [0.25, 0.3) is 0 Å². The molecule has 0 aromatic carbocycles. The van der Waals surface area contributed by atoms with Crippen molar-refractivity contribution in [1.82, 2.24) is 4.98 Å². The maximum atomic E-state index is 8.77. The maximum absolute atomic E-state index is 8.77. The molecule has 2 atom stereocenters. The van der Waals surface area contributed by atoms with E-state index in [0.29, 0.717) is 5.92 Å². The first-order chi connectivity index (χ1) is 5.26. The quantitative estimate of drug-likeness (QED) is 0.647. The van der Waals surface area contributed by atoms with Crippen molar-refractivity contribution in [1.29, 1.82) is 5.26 Å². The van der Waals surface area contributed by atoms with Crippen LogP contribution in [0.15, 0.2) is 18.3 Å². The summed E-state index contributed by atoms with van der Waals surface area (Å²) < 4.78 is 0. The van der Waals surface area contributed by atoms with Crippen molar-refractivity contribution < 1.29 is 0 Å². The van der Waals surface area contributed by atoms with Gasteiger partial charge in [0.15, 0.2) is 0 Å². The summed E-state index contributed by atoms with van der Waals surface area (Å²) in [5, 5.41) is 8.77. The van der Waals surface area contributed by atoms with Crippen LogP contribution in [0.3, 0.4) is 0 Å². The molecule has 1 aromatic heterocycles. The zero-order valence-electron chi connectivity index (χ0n) is 6.46. The van der Waals surface area contributed by atoms with Gasteiger partial charge in [0.2, 0.25) is 0 Å². The van der Waals surface area contributed by atoms with E-state index in [1.165, 1.54) is 5.69 Å². The Balaban J connectivity index is 2.21. The average molecular weight is 146 g/mol.